The molecule has 0 aliphatic heterocycles. The van der Waals surface area contributed by atoms with E-state index in [2.05, 4.69) is 10.3 Å². The fourth-order valence-electron chi connectivity index (χ4n) is 2.57. The molecule has 0 unspecified atom stereocenters. The van der Waals surface area contributed by atoms with Crippen LogP contribution in [0.5, 0.6) is 5.75 Å². The van der Waals surface area contributed by atoms with Gasteiger partial charge in [-0.15, -0.1) is 0 Å². The van der Waals surface area contributed by atoms with Crippen LogP contribution < -0.4 is 10.9 Å². The lowest BCUT2D eigenvalue weighted by Crippen LogP contribution is -2.28. The van der Waals surface area contributed by atoms with E-state index in [1.54, 1.807) is 0 Å². The molecule has 29 heavy (non-hydrogen) atoms. The average Bonchev–Trinajstić information content (AvgIpc) is 2.66. The van der Waals surface area contributed by atoms with E-state index in [1.807, 2.05) is 0 Å². The molecule has 3 aromatic rings. The van der Waals surface area contributed by atoms with Crippen molar-refractivity contribution >= 4 is 32.5 Å². The highest BCUT2D eigenvalue weighted by molar-refractivity contribution is 7.89. The maximum Gasteiger partial charge on any atom is 0.261 e. The van der Waals surface area contributed by atoms with Gasteiger partial charge in [-0.3, -0.25) is 14.2 Å². The predicted octanol–water partition coefficient (Wildman–Crippen LogP) is 1.13. The first kappa shape index (κ1) is 20.4. The van der Waals surface area contributed by atoms with E-state index >= 15 is 0 Å². The van der Waals surface area contributed by atoms with Crippen molar-refractivity contribution < 1.29 is 22.7 Å². The van der Waals surface area contributed by atoms with Gasteiger partial charge >= 0.3 is 0 Å². The number of nitrogens with one attached hydrogen (secondary N) is 1. The third-order valence-electron chi connectivity index (χ3n) is 4.12. The number of phenols is 1. The summed E-state index contributed by atoms with van der Waals surface area (Å²) in [6.45, 7) is -0.470. The number of phenolic OH excluding ortho intramolecular Hbond substituents is 1. The van der Waals surface area contributed by atoms with E-state index in [4.69, 9.17) is 0 Å². The van der Waals surface area contributed by atoms with Gasteiger partial charge in [0.25, 0.3) is 5.56 Å². The van der Waals surface area contributed by atoms with Gasteiger partial charge in [0, 0.05) is 14.1 Å². The van der Waals surface area contributed by atoms with Crippen LogP contribution >= 0.6 is 0 Å². The fraction of sp³-hybridized carbons (Fsp3) is 0.167. The Morgan fingerprint density at radius 1 is 1.24 bits per heavy atom. The van der Waals surface area contributed by atoms with Crippen LogP contribution in [0.4, 0.5) is 10.1 Å². The highest BCUT2D eigenvalue weighted by Crippen LogP contribution is 2.27. The molecular formula is C18H17FN4O5S. The minimum atomic E-state index is -3.78. The molecule has 1 aromatic heterocycles. The van der Waals surface area contributed by atoms with Crippen molar-refractivity contribution in [3.05, 3.63) is 58.9 Å². The maximum absolute atomic E-state index is 13.4. The van der Waals surface area contributed by atoms with Crippen LogP contribution in [0, 0.1) is 5.82 Å². The SMILES string of the molecule is CN(C)S(=O)(=O)c1ccc(O)c(NC(=O)Cn2cnc3ccc(F)cc3c2=O)c1. The summed E-state index contributed by atoms with van der Waals surface area (Å²) in [5, 5.41) is 12.3. The van der Waals surface area contributed by atoms with Gasteiger partial charge < -0.3 is 10.4 Å². The highest BCUT2D eigenvalue weighted by atomic mass is 32.2. The third-order valence-corrected chi connectivity index (χ3v) is 5.93. The number of rotatable bonds is 5. The Morgan fingerprint density at radius 3 is 2.66 bits per heavy atom. The molecule has 0 aliphatic carbocycles. The zero-order valence-corrected chi connectivity index (χ0v) is 16.3. The monoisotopic (exact) mass is 420 g/mol. The molecule has 0 radical (unpaired) electrons. The lowest BCUT2D eigenvalue weighted by molar-refractivity contribution is -0.116. The Morgan fingerprint density at radius 2 is 1.97 bits per heavy atom. The number of fused-ring (bicyclic) bond motifs is 1. The Hall–Kier alpha value is -3.31. The molecule has 0 atom stereocenters. The van der Waals surface area contributed by atoms with Gasteiger partial charge in [0.15, 0.2) is 0 Å². The van der Waals surface area contributed by atoms with E-state index in [9.17, 15) is 27.5 Å². The van der Waals surface area contributed by atoms with Crippen molar-refractivity contribution in [3.8, 4) is 5.75 Å². The zero-order valence-electron chi connectivity index (χ0n) is 15.5. The maximum atomic E-state index is 13.4. The predicted molar refractivity (Wildman–Crippen MR) is 104 cm³/mol. The first-order chi connectivity index (χ1) is 13.6. The van der Waals surface area contributed by atoms with Crippen molar-refractivity contribution in [2.75, 3.05) is 19.4 Å². The summed E-state index contributed by atoms with van der Waals surface area (Å²) >= 11 is 0. The second-order valence-corrected chi connectivity index (χ2v) is 8.51. The Kier molecular flexibility index (Phi) is 5.36. The summed E-state index contributed by atoms with van der Waals surface area (Å²) in [6.07, 6.45) is 1.15. The van der Waals surface area contributed by atoms with Crippen LogP contribution in [0.2, 0.25) is 0 Å². The number of aromatic hydroxyl groups is 1. The second-order valence-electron chi connectivity index (χ2n) is 6.35. The van der Waals surface area contributed by atoms with Crippen molar-refractivity contribution in [2.24, 2.45) is 0 Å². The molecular weight excluding hydrogens is 403 g/mol. The Balaban J connectivity index is 1.87. The van der Waals surface area contributed by atoms with Crippen molar-refractivity contribution in [1.82, 2.24) is 13.9 Å². The number of benzene rings is 2. The average molecular weight is 420 g/mol. The molecule has 2 N–H and O–H groups in total. The zero-order chi connectivity index (χ0) is 21.3. The summed E-state index contributed by atoms with van der Waals surface area (Å²) < 4.78 is 39.8. The normalized spacial score (nSPS) is 11.7. The van der Waals surface area contributed by atoms with E-state index in [0.29, 0.717) is 0 Å². The van der Waals surface area contributed by atoms with E-state index in [1.165, 1.54) is 32.3 Å². The van der Waals surface area contributed by atoms with Gasteiger partial charge in [-0.05, 0) is 36.4 Å². The molecule has 0 spiro atoms. The lowest BCUT2D eigenvalue weighted by Gasteiger charge is -2.14. The van der Waals surface area contributed by atoms with Crippen LogP contribution in [0.15, 0.2) is 52.4 Å². The molecule has 0 saturated carbocycles. The number of carbonyl (C=O) groups excluding carboxylic acids is 1. The summed E-state index contributed by atoms with van der Waals surface area (Å²) in [4.78, 5) is 28.7. The standard InChI is InChI=1S/C18H17FN4O5S/c1-22(2)29(27,28)12-4-6-16(24)15(8-12)21-17(25)9-23-10-20-14-5-3-11(19)7-13(14)18(23)26/h3-8,10,24H,9H2,1-2H3,(H,21,25). The molecule has 1 heterocycles. The Bertz CT molecular complexity index is 1270. The minimum absolute atomic E-state index is 0.0159. The first-order valence-corrected chi connectivity index (χ1v) is 9.73. The van der Waals surface area contributed by atoms with Gasteiger partial charge in [-0.2, -0.15) is 0 Å². The molecule has 0 aliphatic rings. The number of halogens is 1. The summed E-state index contributed by atoms with van der Waals surface area (Å²) in [5.41, 5.74) is -0.462. The molecule has 11 heteroatoms. The van der Waals surface area contributed by atoms with Crippen LogP contribution in [-0.2, 0) is 21.4 Å². The topological polar surface area (TPSA) is 122 Å². The molecule has 152 valence electrons. The van der Waals surface area contributed by atoms with Crippen molar-refractivity contribution in [1.29, 1.82) is 0 Å². The largest absolute Gasteiger partial charge is 0.506 e. The van der Waals surface area contributed by atoms with Gasteiger partial charge in [-0.25, -0.2) is 22.1 Å². The van der Waals surface area contributed by atoms with Gasteiger partial charge in [0.05, 0.1) is 27.8 Å². The van der Waals surface area contributed by atoms with Crippen molar-refractivity contribution in [3.63, 3.8) is 0 Å². The van der Waals surface area contributed by atoms with Crippen LogP contribution in [0.3, 0.4) is 0 Å². The summed E-state index contributed by atoms with van der Waals surface area (Å²) in [7, 11) is -1.08. The molecule has 0 fully saturated rings. The van der Waals surface area contributed by atoms with Crippen molar-refractivity contribution in [2.45, 2.75) is 11.4 Å². The minimum Gasteiger partial charge on any atom is -0.506 e. The van der Waals surface area contributed by atoms with Gasteiger partial charge in [0.1, 0.15) is 18.1 Å². The second kappa shape index (κ2) is 7.60. The van der Waals surface area contributed by atoms with E-state index in [-0.39, 0.29) is 27.2 Å². The number of amides is 1. The van der Waals surface area contributed by atoms with Crippen LogP contribution in [0.1, 0.15) is 0 Å². The number of sulfonamides is 1. The number of nitrogens with zero attached hydrogens (tertiary/aromatic N) is 3. The molecule has 3 rings (SSSR count). The number of anilines is 1. The molecule has 0 bridgehead atoms. The first-order valence-electron chi connectivity index (χ1n) is 8.29. The van der Waals surface area contributed by atoms with Gasteiger partial charge in [0.2, 0.25) is 15.9 Å². The highest BCUT2D eigenvalue weighted by Gasteiger charge is 2.19. The van der Waals surface area contributed by atoms with Crippen LogP contribution in [0.25, 0.3) is 10.9 Å². The molecule has 9 nitrogen and oxygen atoms in total. The summed E-state index contributed by atoms with van der Waals surface area (Å²) in [6, 6.07) is 7.00. The smallest absolute Gasteiger partial charge is 0.261 e. The lowest BCUT2D eigenvalue weighted by atomic mass is 10.2. The van der Waals surface area contributed by atoms with Gasteiger partial charge in [-0.1, -0.05) is 0 Å². The molecule has 2 aromatic carbocycles. The number of carbonyl (C=O) groups is 1. The van der Waals surface area contributed by atoms with E-state index < -0.39 is 33.9 Å². The molecule has 0 saturated heterocycles. The fourth-order valence-corrected chi connectivity index (χ4v) is 3.50. The quantitative estimate of drug-likeness (QED) is 0.597. The Labute approximate surface area is 165 Å². The third kappa shape index (κ3) is 4.10. The van der Waals surface area contributed by atoms with E-state index in [0.717, 1.165) is 33.4 Å². The number of aromatic nitrogens is 2. The van der Waals surface area contributed by atoms with Crippen LogP contribution in [-0.4, -0.2) is 47.4 Å². The number of hydrogen-bond donors (Lipinski definition) is 2. The molecule has 1 amide bonds. The number of hydrogen-bond acceptors (Lipinski definition) is 6. The summed E-state index contributed by atoms with van der Waals surface area (Å²) in [5.74, 6) is -1.66.